The number of anilines is 2. The molecule has 1 aliphatic rings. The molecule has 1 aliphatic heterocycles. The quantitative estimate of drug-likeness (QED) is 0.653. The molecule has 3 aromatic rings. The second-order valence-corrected chi connectivity index (χ2v) is 8.89. The lowest BCUT2D eigenvalue weighted by molar-refractivity contribution is 0.155. The zero-order chi connectivity index (χ0) is 21.0. The lowest BCUT2D eigenvalue weighted by Crippen LogP contribution is -2.35. The second kappa shape index (κ2) is 8.59. The van der Waals surface area contributed by atoms with Gasteiger partial charge in [0.2, 0.25) is 0 Å². The maximum atomic E-state index is 13.2. The summed E-state index contributed by atoms with van der Waals surface area (Å²) in [6, 6.07) is 23.1. The molecule has 0 spiro atoms. The van der Waals surface area contributed by atoms with Crippen molar-refractivity contribution in [3.63, 3.8) is 0 Å². The highest BCUT2D eigenvalue weighted by Gasteiger charge is 2.29. The molecular weight excluding hydrogens is 400 g/mol. The lowest BCUT2D eigenvalue weighted by Gasteiger charge is -2.31. The third-order valence-electron chi connectivity index (χ3n) is 4.95. The fourth-order valence-corrected chi connectivity index (χ4v) is 5.02. The molecule has 0 saturated carbocycles. The van der Waals surface area contributed by atoms with Gasteiger partial charge in [0.15, 0.2) is 0 Å². The first-order chi connectivity index (χ1) is 14.5. The first kappa shape index (κ1) is 20.0. The minimum Gasteiger partial charge on any atom is -0.444 e. The number of rotatable bonds is 5. The van der Waals surface area contributed by atoms with E-state index in [4.69, 9.17) is 4.74 Å². The molecule has 7 heteroatoms. The Morgan fingerprint density at radius 2 is 1.67 bits per heavy atom. The summed E-state index contributed by atoms with van der Waals surface area (Å²) in [5.41, 5.74) is 2.90. The zero-order valence-corrected chi connectivity index (χ0v) is 17.1. The Labute approximate surface area is 176 Å². The van der Waals surface area contributed by atoms with Gasteiger partial charge in [-0.3, -0.25) is 9.62 Å². The molecule has 3 aromatic carbocycles. The molecule has 0 aromatic heterocycles. The molecule has 1 amide bonds. The van der Waals surface area contributed by atoms with Gasteiger partial charge in [-0.1, -0.05) is 54.6 Å². The molecule has 1 heterocycles. The van der Waals surface area contributed by atoms with Crippen LogP contribution in [0.2, 0.25) is 0 Å². The third kappa shape index (κ3) is 4.31. The van der Waals surface area contributed by atoms with E-state index in [1.54, 1.807) is 42.5 Å². The van der Waals surface area contributed by atoms with Crippen molar-refractivity contribution in [2.45, 2.75) is 24.3 Å². The van der Waals surface area contributed by atoms with E-state index in [1.165, 1.54) is 4.31 Å². The molecular formula is C23H22N2O4S. The van der Waals surface area contributed by atoms with Crippen LogP contribution < -0.4 is 9.62 Å². The number of aryl methyl sites for hydroxylation is 1. The standard InChI is InChI=1S/C23H22N2O4S/c26-23(29-17-18-8-3-1-4-9-18)24-20-14-13-19-10-7-15-25(22(19)16-20)30(27,28)21-11-5-2-6-12-21/h1-6,8-9,11-14,16H,7,10,15,17H2,(H,24,26). The van der Waals surface area contributed by atoms with Crippen molar-refractivity contribution in [2.75, 3.05) is 16.2 Å². The molecule has 0 aliphatic carbocycles. The summed E-state index contributed by atoms with van der Waals surface area (Å²) < 4.78 is 33.0. The lowest BCUT2D eigenvalue weighted by atomic mass is 10.0. The van der Waals surface area contributed by atoms with Crippen molar-refractivity contribution in [3.8, 4) is 0 Å². The molecule has 1 N–H and O–H groups in total. The number of amides is 1. The number of nitrogens with zero attached hydrogens (tertiary/aromatic N) is 1. The van der Waals surface area contributed by atoms with Crippen molar-refractivity contribution < 1.29 is 17.9 Å². The van der Waals surface area contributed by atoms with E-state index >= 15 is 0 Å². The Bertz CT molecular complexity index is 1130. The van der Waals surface area contributed by atoms with Crippen LogP contribution in [0, 0.1) is 0 Å². The van der Waals surface area contributed by atoms with Gasteiger partial charge in [-0.05, 0) is 48.2 Å². The predicted molar refractivity (Wildman–Crippen MR) is 116 cm³/mol. The van der Waals surface area contributed by atoms with Crippen LogP contribution in [-0.4, -0.2) is 21.1 Å². The van der Waals surface area contributed by atoms with Gasteiger partial charge < -0.3 is 4.74 Å². The first-order valence-corrected chi connectivity index (χ1v) is 11.2. The van der Waals surface area contributed by atoms with Gasteiger partial charge in [0.1, 0.15) is 6.61 Å². The maximum Gasteiger partial charge on any atom is 0.411 e. The van der Waals surface area contributed by atoms with E-state index in [2.05, 4.69) is 5.32 Å². The van der Waals surface area contributed by atoms with E-state index in [0.717, 1.165) is 24.0 Å². The molecule has 6 nitrogen and oxygen atoms in total. The van der Waals surface area contributed by atoms with Gasteiger partial charge in [0, 0.05) is 12.2 Å². The number of hydrogen-bond donors (Lipinski definition) is 1. The summed E-state index contributed by atoms with van der Waals surface area (Å²) in [6.07, 6.45) is 0.937. The van der Waals surface area contributed by atoms with Gasteiger partial charge in [0.25, 0.3) is 10.0 Å². The summed E-state index contributed by atoms with van der Waals surface area (Å²) >= 11 is 0. The van der Waals surface area contributed by atoms with Crippen LogP contribution in [0.4, 0.5) is 16.2 Å². The van der Waals surface area contributed by atoms with Gasteiger partial charge in [0.05, 0.1) is 10.6 Å². The molecule has 154 valence electrons. The highest BCUT2D eigenvalue weighted by atomic mass is 32.2. The summed E-state index contributed by atoms with van der Waals surface area (Å²) in [5, 5.41) is 2.69. The molecule has 0 unspecified atom stereocenters. The van der Waals surface area contributed by atoms with Crippen LogP contribution in [-0.2, 0) is 27.8 Å². The minimum absolute atomic E-state index is 0.159. The highest BCUT2D eigenvalue weighted by Crippen LogP contribution is 2.34. The number of fused-ring (bicyclic) bond motifs is 1. The van der Waals surface area contributed by atoms with Crippen molar-refractivity contribution in [2.24, 2.45) is 0 Å². The SMILES string of the molecule is O=C(Nc1ccc2c(c1)N(S(=O)(=O)c1ccccc1)CCC2)OCc1ccccc1. The molecule has 0 bridgehead atoms. The monoisotopic (exact) mass is 422 g/mol. The van der Waals surface area contributed by atoms with E-state index < -0.39 is 16.1 Å². The molecule has 0 saturated heterocycles. The van der Waals surface area contributed by atoms with Gasteiger partial charge >= 0.3 is 6.09 Å². The Kier molecular flexibility index (Phi) is 5.72. The average molecular weight is 423 g/mol. The van der Waals surface area contributed by atoms with Crippen LogP contribution in [0.1, 0.15) is 17.5 Å². The van der Waals surface area contributed by atoms with E-state index in [0.29, 0.717) is 17.9 Å². The Balaban J connectivity index is 1.53. The minimum atomic E-state index is -3.68. The fourth-order valence-electron chi connectivity index (χ4n) is 3.47. The highest BCUT2D eigenvalue weighted by molar-refractivity contribution is 7.92. The van der Waals surface area contributed by atoms with Crippen LogP contribution >= 0.6 is 0 Å². The Morgan fingerprint density at radius 1 is 0.967 bits per heavy atom. The zero-order valence-electron chi connectivity index (χ0n) is 16.3. The summed E-state index contributed by atoms with van der Waals surface area (Å²) in [6.45, 7) is 0.554. The number of carbonyl (C=O) groups excluding carboxylic acids is 1. The molecule has 0 atom stereocenters. The van der Waals surface area contributed by atoms with Crippen LogP contribution in [0.15, 0.2) is 83.8 Å². The fraction of sp³-hybridized carbons (Fsp3) is 0.174. The van der Waals surface area contributed by atoms with Crippen molar-refractivity contribution in [1.82, 2.24) is 0 Å². The van der Waals surface area contributed by atoms with Crippen molar-refractivity contribution >= 4 is 27.5 Å². The van der Waals surface area contributed by atoms with Gasteiger partial charge in [-0.25, -0.2) is 13.2 Å². The van der Waals surface area contributed by atoms with Gasteiger partial charge in [-0.15, -0.1) is 0 Å². The normalized spacial score (nSPS) is 13.4. The van der Waals surface area contributed by atoms with Gasteiger partial charge in [-0.2, -0.15) is 0 Å². The van der Waals surface area contributed by atoms with Crippen molar-refractivity contribution in [3.05, 3.63) is 90.0 Å². The predicted octanol–water partition coefficient (Wildman–Crippen LogP) is 4.58. The average Bonchev–Trinajstić information content (AvgIpc) is 2.78. The summed E-state index contributed by atoms with van der Waals surface area (Å²) in [4.78, 5) is 12.4. The van der Waals surface area contributed by atoms with Crippen molar-refractivity contribution in [1.29, 1.82) is 0 Å². The molecule has 0 fully saturated rings. The number of ether oxygens (including phenoxy) is 1. The van der Waals surface area contributed by atoms with Crippen LogP contribution in [0.25, 0.3) is 0 Å². The van der Waals surface area contributed by atoms with Crippen LogP contribution in [0.5, 0.6) is 0 Å². The maximum absolute atomic E-state index is 13.2. The number of sulfonamides is 1. The summed E-state index contributed by atoms with van der Waals surface area (Å²) in [5.74, 6) is 0. The molecule has 4 rings (SSSR count). The summed E-state index contributed by atoms with van der Waals surface area (Å²) in [7, 11) is -3.68. The number of benzene rings is 3. The van der Waals surface area contributed by atoms with E-state index in [-0.39, 0.29) is 11.5 Å². The number of carbonyl (C=O) groups is 1. The Hall–Kier alpha value is -3.32. The van der Waals surface area contributed by atoms with E-state index in [9.17, 15) is 13.2 Å². The smallest absolute Gasteiger partial charge is 0.411 e. The first-order valence-electron chi connectivity index (χ1n) is 9.72. The number of nitrogens with one attached hydrogen (secondary N) is 1. The number of hydrogen-bond acceptors (Lipinski definition) is 4. The van der Waals surface area contributed by atoms with Crippen LogP contribution in [0.3, 0.4) is 0 Å². The third-order valence-corrected chi connectivity index (χ3v) is 6.78. The second-order valence-electron chi connectivity index (χ2n) is 7.02. The molecule has 0 radical (unpaired) electrons. The largest absolute Gasteiger partial charge is 0.444 e. The van der Waals surface area contributed by atoms with E-state index in [1.807, 2.05) is 36.4 Å². The topological polar surface area (TPSA) is 75.7 Å². The Morgan fingerprint density at radius 3 is 2.40 bits per heavy atom. The molecule has 30 heavy (non-hydrogen) atoms.